The Balaban J connectivity index is 2.32. The first kappa shape index (κ1) is 16.7. The Labute approximate surface area is 147 Å². The first-order valence-electron chi connectivity index (χ1n) is 5.71. The molecule has 0 atom stereocenters. The van der Waals surface area contributed by atoms with Crippen molar-refractivity contribution in [1.82, 2.24) is 0 Å². The van der Waals surface area contributed by atoms with Crippen molar-refractivity contribution in [2.75, 3.05) is 0 Å². The van der Waals surface area contributed by atoms with Gasteiger partial charge in [0.05, 0.1) is 25.1 Å². The molecule has 0 radical (unpaired) electrons. The summed E-state index contributed by atoms with van der Waals surface area (Å²) >= 11 is 29.7. The zero-order valence-electron chi connectivity index (χ0n) is 10.3. The molecule has 0 spiro atoms. The normalized spacial score (nSPS) is 11.1. The largest absolute Gasteiger partial charge is 0.289 e. The molecule has 2 rings (SSSR count). The summed E-state index contributed by atoms with van der Waals surface area (Å²) in [5, 5.41) is 1.36. The number of hydrogen-bond acceptors (Lipinski definition) is 1. The van der Waals surface area contributed by atoms with Crippen molar-refractivity contribution < 1.29 is 4.79 Å². The van der Waals surface area contributed by atoms with Crippen LogP contribution in [0.3, 0.4) is 0 Å². The Morgan fingerprint density at radius 3 is 2.19 bits per heavy atom. The summed E-state index contributed by atoms with van der Waals surface area (Å²) in [5.41, 5.74) is 0.897. The van der Waals surface area contributed by atoms with Gasteiger partial charge in [0, 0.05) is 5.56 Å². The maximum absolute atomic E-state index is 12.1. The second-order valence-electron chi connectivity index (χ2n) is 4.06. The molecular weight excluding hydrogens is 373 g/mol. The highest BCUT2D eigenvalue weighted by Crippen LogP contribution is 2.33. The maximum atomic E-state index is 12.1. The fourth-order valence-electron chi connectivity index (χ4n) is 1.62. The van der Waals surface area contributed by atoms with Crippen LogP contribution in [0.2, 0.25) is 25.1 Å². The van der Waals surface area contributed by atoms with Gasteiger partial charge in [-0.2, -0.15) is 0 Å². The van der Waals surface area contributed by atoms with Crippen LogP contribution in [0.4, 0.5) is 0 Å². The number of carbonyl (C=O) groups excluding carboxylic acids is 1. The van der Waals surface area contributed by atoms with Gasteiger partial charge in [-0.25, -0.2) is 0 Å². The summed E-state index contributed by atoms with van der Waals surface area (Å²) in [6, 6.07) is 8.18. The van der Waals surface area contributed by atoms with E-state index in [4.69, 9.17) is 58.0 Å². The first-order valence-corrected chi connectivity index (χ1v) is 7.60. The van der Waals surface area contributed by atoms with E-state index in [9.17, 15) is 4.79 Å². The molecule has 0 saturated carbocycles. The predicted octanol–water partition coefficient (Wildman–Crippen LogP) is 6.85. The minimum atomic E-state index is -0.311. The van der Waals surface area contributed by atoms with Crippen LogP contribution in [0.25, 0.3) is 6.08 Å². The van der Waals surface area contributed by atoms with Gasteiger partial charge in [-0.1, -0.05) is 70.1 Å². The van der Waals surface area contributed by atoms with Gasteiger partial charge in [-0.15, -0.1) is 0 Å². The molecule has 0 heterocycles. The second-order valence-corrected chi connectivity index (χ2v) is 6.01. The third-order valence-electron chi connectivity index (χ3n) is 2.70. The van der Waals surface area contributed by atoms with E-state index in [1.807, 2.05) is 0 Å². The Bertz CT molecular complexity index is 737. The molecule has 0 aromatic heterocycles. The fourth-order valence-corrected chi connectivity index (χ4v) is 2.62. The van der Waals surface area contributed by atoms with Gasteiger partial charge in [-0.3, -0.25) is 4.79 Å². The van der Waals surface area contributed by atoms with E-state index in [1.165, 1.54) is 18.2 Å². The molecule has 0 N–H and O–H groups in total. The van der Waals surface area contributed by atoms with Gasteiger partial charge in [-0.05, 0) is 35.9 Å². The van der Waals surface area contributed by atoms with Crippen molar-refractivity contribution in [3.05, 3.63) is 72.6 Å². The van der Waals surface area contributed by atoms with Gasteiger partial charge < -0.3 is 0 Å². The first-order chi connectivity index (χ1) is 9.91. The Morgan fingerprint density at radius 2 is 1.48 bits per heavy atom. The number of halogens is 5. The van der Waals surface area contributed by atoms with Crippen LogP contribution in [0, 0.1) is 0 Å². The lowest BCUT2D eigenvalue weighted by molar-refractivity contribution is 0.104. The number of carbonyl (C=O) groups is 1. The summed E-state index contributed by atoms with van der Waals surface area (Å²) < 4.78 is 0. The molecule has 1 nitrogen and oxygen atoms in total. The Hall–Kier alpha value is -0.700. The lowest BCUT2D eigenvalue weighted by atomic mass is 10.1. The SMILES string of the molecule is O=C(C=Cc1cccc(Cl)c1Cl)c1ccc(Cl)c(Cl)c1Cl. The summed E-state index contributed by atoms with van der Waals surface area (Å²) in [5.74, 6) is -0.311. The zero-order chi connectivity index (χ0) is 15.6. The van der Waals surface area contributed by atoms with E-state index in [1.54, 1.807) is 24.3 Å². The highest BCUT2D eigenvalue weighted by molar-refractivity contribution is 6.49. The van der Waals surface area contributed by atoms with E-state index in [-0.39, 0.29) is 21.4 Å². The minimum Gasteiger partial charge on any atom is -0.289 e. The summed E-state index contributed by atoms with van der Waals surface area (Å²) in [6.45, 7) is 0. The van der Waals surface area contributed by atoms with Crippen molar-refractivity contribution in [3.8, 4) is 0 Å². The summed E-state index contributed by atoms with van der Waals surface area (Å²) in [4.78, 5) is 12.1. The lowest BCUT2D eigenvalue weighted by Gasteiger charge is -2.04. The van der Waals surface area contributed by atoms with Gasteiger partial charge in [0.2, 0.25) is 0 Å². The zero-order valence-corrected chi connectivity index (χ0v) is 14.1. The molecule has 0 aliphatic carbocycles. The van der Waals surface area contributed by atoms with E-state index < -0.39 is 0 Å². The maximum Gasteiger partial charge on any atom is 0.187 e. The molecule has 0 amide bonds. The molecule has 0 fully saturated rings. The Morgan fingerprint density at radius 1 is 0.810 bits per heavy atom. The van der Waals surface area contributed by atoms with Crippen LogP contribution in [0.5, 0.6) is 0 Å². The molecule has 0 unspecified atom stereocenters. The smallest absolute Gasteiger partial charge is 0.187 e. The second kappa shape index (κ2) is 7.04. The average Bonchev–Trinajstić information content (AvgIpc) is 2.46. The molecule has 21 heavy (non-hydrogen) atoms. The van der Waals surface area contributed by atoms with Crippen LogP contribution in [0.15, 0.2) is 36.4 Å². The molecule has 0 bridgehead atoms. The van der Waals surface area contributed by atoms with Crippen molar-refractivity contribution >= 4 is 69.9 Å². The van der Waals surface area contributed by atoms with Gasteiger partial charge >= 0.3 is 0 Å². The number of rotatable bonds is 3. The van der Waals surface area contributed by atoms with Crippen molar-refractivity contribution in [2.24, 2.45) is 0 Å². The molecule has 6 heteroatoms. The predicted molar refractivity (Wildman–Crippen MR) is 91.3 cm³/mol. The molecule has 108 valence electrons. The molecule has 2 aromatic rings. The van der Waals surface area contributed by atoms with Crippen molar-refractivity contribution in [1.29, 1.82) is 0 Å². The van der Waals surface area contributed by atoms with Crippen LogP contribution in [0.1, 0.15) is 15.9 Å². The van der Waals surface area contributed by atoms with Gasteiger partial charge in [0.15, 0.2) is 5.78 Å². The highest BCUT2D eigenvalue weighted by Gasteiger charge is 2.13. The quantitative estimate of drug-likeness (QED) is 0.323. The number of allylic oxidation sites excluding steroid dienone is 1. The molecule has 0 aliphatic heterocycles. The van der Waals surface area contributed by atoms with Gasteiger partial charge in [0.25, 0.3) is 0 Å². The average molecular weight is 380 g/mol. The third kappa shape index (κ3) is 3.74. The van der Waals surface area contributed by atoms with Crippen LogP contribution >= 0.6 is 58.0 Å². The van der Waals surface area contributed by atoms with Crippen molar-refractivity contribution in [2.45, 2.75) is 0 Å². The van der Waals surface area contributed by atoms with Crippen LogP contribution in [-0.2, 0) is 0 Å². The van der Waals surface area contributed by atoms with E-state index in [2.05, 4.69) is 0 Å². The van der Waals surface area contributed by atoms with E-state index in [0.717, 1.165) is 0 Å². The summed E-state index contributed by atoms with van der Waals surface area (Å²) in [6.07, 6.45) is 2.92. The minimum absolute atomic E-state index is 0.121. The standard InChI is InChI=1S/C15H7Cl5O/c16-10-3-1-2-8(13(10)18)4-7-12(21)9-5-6-11(17)15(20)14(9)19/h1-7H. The molecule has 0 aliphatic rings. The van der Waals surface area contributed by atoms with E-state index >= 15 is 0 Å². The van der Waals surface area contributed by atoms with Crippen LogP contribution < -0.4 is 0 Å². The fraction of sp³-hybridized carbons (Fsp3) is 0. The summed E-state index contributed by atoms with van der Waals surface area (Å²) in [7, 11) is 0. The monoisotopic (exact) mass is 378 g/mol. The van der Waals surface area contributed by atoms with Gasteiger partial charge in [0.1, 0.15) is 0 Å². The van der Waals surface area contributed by atoms with Crippen molar-refractivity contribution in [3.63, 3.8) is 0 Å². The molecule has 0 saturated heterocycles. The van der Waals surface area contributed by atoms with Crippen LogP contribution in [-0.4, -0.2) is 5.78 Å². The Kier molecular flexibility index (Phi) is 5.59. The molecular formula is C15H7Cl5O. The number of ketones is 1. The topological polar surface area (TPSA) is 17.1 Å². The van der Waals surface area contributed by atoms with E-state index in [0.29, 0.717) is 20.6 Å². The third-order valence-corrected chi connectivity index (χ3v) is 4.82. The highest BCUT2D eigenvalue weighted by atomic mass is 35.5. The number of hydrogen-bond donors (Lipinski definition) is 0. The number of benzene rings is 2. The lowest BCUT2D eigenvalue weighted by Crippen LogP contribution is -1.96. The molecule has 2 aromatic carbocycles.